The number of aliphatic carboxylic acids is 2. The highest BCUT2D eigenvalue weighted by atomic mass is 16.8. The molecule has 0 radical (unpaired) electrons. The molecule has 0 bridgehead atoms. The molecule has 0 aromatic heterocycles. The molecule has 6 rings (SSSR count). The lowest BCUT2D eigenvalue weighted by Gasteiger charge is -2.53. The minimum absolute atomic E-state index is 0.864. The van der Waals surface area contributed by atoms with Crippen molar-refractivity contribution in [2.45, 2.75) is 229 Å². The molecule has 0 aromatic rings. The molecule has 6 heterocycles. The molecule has 6 saturated heterocycles. The SMILES string of the molecule is CC(=O)NC1C(OC2C(CO)OC(OC3C(CO)OC(O)C(O)C3O)C(O)C2OC2(C(=O)O)CC(O)C(NC(C)=O)C([C@H](O)[C@H](O)CO)O2)OC(CO)C(O)C1OC1OC(CO)C(O)C(OC2(C(=O)O)CC(O)C(NC(C)=O)C([C@H](O)[C@H](O)CO)O2)C1O. The summed E-state index contributed by atoms with van der Waals surface area (Å²) in [7, 11) is 0. The summed E-state index contributed by atoms with van der Waals surface area (Å²) in [5.41, 5.74) is 0. The van der Waals surface area contributed by atoms with E-state index in [0.717, 1.165) is 20.8 Å². The van der Waals surface area contributed by atoms with Gasteiger partial charge in [0.25, 0.3) is 11.6 Å². The number of aliphatic hydroxyl groups is 19. The summed E-state index contributed by atoms with van der Waals surface area (Å²) in [4.78, 5) is 64.4. The van der Waals surface area contributed by atoms with Crippen molar-refractivity contribution in [2.75, 3.05) is 39.6 Å². The number of carbonyl (C=O) groups excluding carboxylic acids is 3. The minimum Gasteiger partial charge on any atom is -0.477 e. The number of nitrogens with one attached hydrogen (secondary N) is 3. The summed E-state index contributed by atoms with van der Waals surface area (Å²) >= 11 is 0. The number of carbonyl (C=O) groups is 5. The fourth-order valence-corrected chi connectivity index (χ4v) is 11.1. The van der Waals surface area contributed by atoms with Crippen LogP contribution in [0.5, 0.6) is 0 Å². The van der Waals surface area contributed by atoms with Gasteiger partial charge < -0.3 is 175 Å². The summed E-state index contributed by atoms with van der Waals surface area (Å²) in [5, 5.41) is 235. The average Bonchev–Trinajstić information content (AvgIpc) is 2.11. The lowest BCUT2D eigenvalue weighted by atomic mass is 9.88. The molecule has 0 spiro atoms. The van der Waals surface area contributed by atoms with Crippen molar-refractivity contribution in [3.05, 3.63) is 0 Å². The molecule has 24 N–H and O–H groups in total. The zero-order valence-electron chi connectivity index (χ0n) is 46.9. The lowest BCUT2D eigenvalue weighted by Crippen LogP contribution is -2.72. The van der Waals surface area contributed by atoms with Crippen molar-refractivity contribution in [2.24, 2.45) is 0 Å². The second-order valence-corrected chi connectivity index (χ2v) is 21.8. The van der Waals surface area contributed by atoms with E-state index in [0.29, 0.717) is 0 Å². The molecule has 6 fully saturated rings. The molecule has 6 aliphatic rings. The highest BCUT2D eigenvalue weighted by Crippen LogP contribution is 2.42. The van der Waals surface area contributed by atoms with E-state index >= 15 is 0 Å². The first kappa shape index (κ1) is 73.2. The molecular formula is C48H79N3O37. The Morgan fingerprint density at radius 3 is 1.23 bits per heavy atom. The van der Waals surface area contributed by atoms with E-state index in [1.54, 1.807) is 0 Å². The Bertz CT molecular complexity index is 2320. The summed E-state index contributed by atoms with van der Waals surface area (Å²) in [5.74, 6) is -14.0. The van der Waals surface area contributed by atoms with E-state index in [9.17, 15) is 131 Å². The van der Waals surface area contributed by atoms with Gasteiger partial charge in [-0.2, -0.15) is 0 Å². The predicted octanol–water partition coefficient (Wildman–Crippen LogP) is -15.3. The predicted molar refractivity (Wildman–Crippen MR) is 268 cm³/mol. The molecule has 32 atom stereocenters. The molecule has 0 saturated carbocycles. The molecule has 3 amide bonds. The van der Waals surface area contributed by atoms with Crippen LogP contribution >= 0.6 is 0 Å². The fourth-order valence-electron chi connectivity index (χ4n) is 11.1. The van der Waals surface area contributed by atoms with Gasteiger partial charge in [-0.15, -0.1) is 0 Å². The maximum absolute atomic E-state index is 13.6. The van der Waals surface area contributed by atoms with Crippen LogP contribution in [0.15, 0.2) is 0 Å². The summed E-state index contributed by atoms with van der Waals surface area (Å²) in [6.45, 7) is -4.55. The number of hydrogen-bond donors (Lipinski definition) is 24. The van der Waals surface area contributed by atoms with Crippen LogP contribution in [0.4, 0.5) is 0 Å². The Morgan fingerprint density at radius 1 is 0.443 bits per heavy atom. The first-order valence-electron chi connectivity index (χ1n) is 27.4. The first-order valence-corrected chi connectivity index (χ1v) is 27.4. The molecule has 6 aliphatic heterocycles. The Labute approximate surface area is 496 Å². The van der Waals surface area contributed by atoms with Gasteiger partial charge in [0.15, 0.2) is 25.2 Å². The van der Waals surface area contributed by atoms with E-state index < -0.39 is 277 Å². The van der Waals surface area contributed by atoms with E-state index in [1.165, 1.54) is 0 Å². The van der Waals surface area contributed by atoms with Crippen molar-refractivity contribution >= 4 is 29.7 Å². The lowest BCUT2D eigenvalue weighted by molar-refractivity contribution is -0.404. The van der Waals surface area contributed by atoms with Crippen molar-refractivity contribution in [1.29, 1.82) is 0 Å². The fraction of sp³-hybridized carbons (Fsp3) is 0.896. The number of aliphatic hydroxyl groups excluding tert-OH is 19. The van der Waals surface area contributed by atoms with Crippen molar-refractivity contribution in [3.8, 4) is 0 Å². The number of carboxylic acids is 2. The minimum atomic E-state index is -3.44. The molecule has 40 nitrogen and oxygen atoms in total. The van der Waals surface area contributed by atoms with Gasteiger partial charge in [-0.3, -0.25) is 14.4 Å². The van der Waals surface area contributed by atoms with Crippen molar-refractivity contribution < 1.29 is 183 Å². The van der Waals surface area contributed by atoms with Gasteiger partial charge in [0.2, 0.25) is 17.7 Å². The van der Waals surface area contributed by atoms with Crippen LogP contribution in [0.2, 0.25) is 0 Å². The van der Waals surface area contributed by atoms with Crippen LogP contribution in [-0.4, -0.2) is 372 Å². The Morgan fingerprint density at radius 2 is 0.807 bits per heavy atom. The van der Waals surface area contributed by atoms with Gasteiger partial charge in [-0.1, -0.05) is 0 Å². The van der Waals surface area contributed by atoms with Gasteiger partial charge in [0, 0.05) is 33.6 Å². The molecule has 0 aromatic carbocycles. The zero-order chi connectivity index (χ0) is 65.8. The van der Waals surface area contributed by atoms with Crippen LogP contribution in [-0.2, 0) is 76.1 Å². The molecule has 40 heteroatoms. The molecule has 508 valence electrons. The molecule has 88 heavy (non-hydrogen) atoms. The standard InChI is InChI=1S/C48H79N3O37/c1-12(58)49-23-15(61)4-47(45(74)75,85-37(23)26(65)17(63)6-52)87-39-29(68)20(9-55)80-43(32(39)71)84-36-25(51-14(3)60)42(79-19(8-54)28(36)67)83-35-22(11-57)81-44(82-34-21(10-56)78-41(73)31(70)30(34)69)33(72)40(35)88-48(46(76)77)5-16(62)24(50-13(2)59)38(86-48)27(66)18(64)7-53/h15-44,52-57,61-73H,4-11H2,1-3H3,(H,49,58)(H,50,59)(H,51,60)(H,74,75)(H,76,77)/t15?,16?,17-,18-,19?,20?,21?,22?,23?,24?,25?,26-,27-,28?,29?,30?,31?,32?,33?,34?,35?,36?,37?,38?,39?,40?,41?,42?,43?,44?,47?,48?/m1/s1. The average molecular weight is 1290 g/mol. The highest BCUT2D eigenvalue weighted by molar-refractivity contribution is 5.77. The zero-order valence-corrected chi connectivity index (χ0v) is 46.9. The van der Waals surface area contributed by atoms with Gasteiger partial charge in [0.05, 0.1) is 63.9 Å². The second-order valence-electron chi connectivity index (χ2n) is 21.8. The van der Waals surface area contributed by atoms with Gasteiger partial charge in [-0.05, 0) is 0 Å². The third kappa shape index (κ3) is 15.6. The Hall–Kier alpha value is -3.85. The maximum atomic E-state index is 13.6. The van der Waals surface area contributed by atoms with E-state index in [-0.39, 0.29) is 0 Å². The summed E-state index contributed by atoms with van der Waals surface area (Å²) < 4.78 is 63.8. The number of carboxylic acid groups (broad SMARTS) is 2. The quantitative estimate of drug-likeness (QED) is 0.0404. The number of rotatable bonds is 25. The summed E-state index contributed by atoms with van der Waals surface area (Å²) in [6.07, 6.45) is -63.1. The molecule has 28 unspecified atom stereocenters. The third-order valence-electron chi connectivity index (χ3n) is 15.6. The maximum Gasteiger partial charge on any atom is 0.364 e. The van der Waals surface area contributed by atoms with E-state index in [4.69, 9.17) is 52.1 Å². The second kappa shape index (κ2) is 30.7. The van der Waals surface area contributed by atoms with Crippen molar-refractivity contribution in [1.82, 2.24) is 16.0 Å². The van der Waals surface area contributed by atoms with Crippen molar-refractivity contribution in [3.63, 3.8) is 0 Å². The van der Waals surface area contributed by atoms with Gasteiger partial charge in [-0.25, -0.2) is 9.59 Å². The molecular weight excluding hydrogens is 1210 g/mol. The van der Waals surface area contributed by atoms with Crippen LogP contribution in [0, 0.1) is 0 Å². The number of amides is 3. The van der Waals surface area contributed by atoms with Gasteiger partial charge in [0.1, 0.15) is 134 Å². The topological polar surface area (TPSA) is 648 Å². The van der Waals surface area contributed by atoms with Crippen LogP contribution < -0.4 is 16.0 Å². The monoisotopic (exact) mass is 1290 g/mol. The van der Waals surface area contributed by atoms with Crippen LogP contribution in [0.25, 0.3) is 0 Å². The number of hydrogen-bond acceptors (Lipinski definition) is 35. The normalized spacial score (nSPS) is 44.6. The summed E-state index contributed by atoms with van der Waals surface area (Å²) in [6, 6.07) is -5.66. The van der Waals surface area contributed by atoms with Crippen LogP contribution in [0.1, 0.15) is 33.6 Å². The van der Waals surface area contributed by atoms with E-state index in [1.807, 2.05) is 0 Å². The van der Waals surface area contributed by atoms with Crippen LogP contribution in [0.3, 0.4) is 0 Å². The smallest absolute Gasteiger partial charge is 0.364 e. The number of ether oxygens (including phenoxy) is 11. The molecule has 0 aliphatic carbocycles. The largest absolute Gasteiger partial charge is 0.477 e. The Balaban J connectivity index is 1.42. The first-order chi connectivity index (χ1) is 41.3. The highest BCUT2D eigenvalue weighted by Gasteiger charge is 2.64. The van der Waals surface area contributed by atoms with Gasteiger partial charge >= 0.3 is 11.9 Å². The van der Waals surface area contributed by atoms with E-state index in [2.05, 4.69) is 16.0 Å². The third-order valence-corrected chi connectivity index (χ3v) is 15.6. The Kier molecular flexibility index (Phi) is 25.6.